The SMILES string of the molecule is CC(C)S(=O)(=O)c1ccccc1C1(C(=O)O)CC1. The van der Waals surface area contributed by atoms with Crippen molar-refractivity contribution in [2.24, 2.45) is 0 Å². The van der Waals surface area contributed by atoms with Gasteiger partial charge in [0.2, 0.25) is 0 Å². The van der Waals surface area contributed by atoms with Gasteiger partial charge in [-0.2, -0.15) is 0 Å². The van der Waals surface area contributed by atoms with E-state index in [-0.39, 0.29) is 4.90 Å². The first-order chi connectivity index (χ1) is 8.32. The van der Waals surface area contributed by atoms with Crippen LogP contribution in [0.2, 0.25) is 0 Å². The van der Waals surface area contributed by atoms with Crippen molar-refractivity contribution in [1.82, 2.24) is 0 Å². The van der Waals surface area contributed by atoms with Crippen LogP contribution < -0.4 is 0 Å². The van der Waals surface area contributed by atoms with Gasteiger partial charge in [-0.3, -0.25) is 4.79 Å². The third-order valence-corrected chi connectivity index (χ3v) is 5.70. The maximum absolute atomic E-state index is 12.3. The summed E-state index contributed by atoms with van der Waals surface area (Å²) in [7, 11) is -3.45. The van der Waals surface area contributed by atoms with E-state index >= 15 is 0 Å². The predicted molar refractivity (Wildman–Crippen MR) is 67.3 cm³/mol. The standard InChI is InChI=1S/C13H16O4S/c1-9(2)18(16,17)11-6-4-3-5-10(11)13(7-8-13)12(14)15/h3-6,9H,7-8H2,1-2H3,(H,14,15). The van der Waals surface area contributed by atoms with E-state index < -0.39 is 26.5 Å². The fraction of sp³-hybridized carbons (Fsp3) is 0.462. The van der Waals surface area contributed by atoms with E-state index in [9.17, 15) is 18.3 Å². The highest BCUT2D eigenvalue weighted by atomic mass is 32.2. The van der Waals surface area contributed by atoms with Crippen LogP contribution in [0.15, 0.2) is 29.2 Å². The molecule has 1 aliphatic carbocycles. The summed E-state index contributed by atoms with van der Waals surface area (Å²) in [5.74, 6) is -0.936. The molecule has 18 heavy (non-hydrogen) atoms. The molecule has 1 saturated carbocycles. The van der Waals surface area contributed by atoms with Gasteiger partial charge in [-0.1, -0.05) is 18.2 Å². The minimum absolute atomic E-state index is 0.167. The first kappa shape index (κ1) is 13.1. The monoisotopic (exact) mass is 268 g/mol. The summed E-state index contributed by atoms with van der Waals surface area (Å²) in [6.07, 6.45) is 1.01. The molecule has 1 N–H and O–H groups in total. The number of carbonyl (C=O) groups is 1. The van der Waals surface area contributed by atoms with Crippen LogP contribution in [-0.4, -0.2) is 24.7 Å². The van der Waals surface area contributed by atoms with E-state index in [4.69, 9.17) is 0 Å². The van der Waals surface area contributed by atoms with Crippen LogP contribution in [0.3, 0.4) is 0 Å². The fourth-order valence-electron chi connectivity index (χ4n) is 2.09. The number of hydrogen-bond acceptors (Lipinski definition) is 3. The Hall–Kier alpha value is -1.36. The normalized spacial score (nSPS) is 17.7. The summed E-state index contributed by atoms with van der Waals surface area (Å²) in [4.78, 5) is 11.5. The van der Waals surface area contributed by atoms with Crippen molar-refractivity contribution in [2.75, 3.05) is 0 Å². The smallest absolute Gasteiger partial charge is 0.314 e. The largest absolute Gasteiger partial charge is 0.481 e. The molecule has 0 spiro atoms. The third kappa shape index (κ3) is 1.82. The summed E-state index contributed by atoms with van der Waals surface area (Å²) in [5, 5.41) is 8.74. The average Bonchev–Trinajstić information content (AvgIpc) is 3.10. The molecule has 0 bridgehead atoms. The lowest BCUT2D eigenvalue weighted by Crippen LogP contribution is -2.24. The lowest BCUT2D eigenvalue weighted by atomic mass is 9.96. The van der Waals surface area contributed by atoms with Crippen LogP contribution in [0.5, 0.6) is 0 Å². The van der Waals surface area contributed by atoms with Gasteiger partial charge in [-0.15, -0.1) is 0 Å². The number of rotatable bonds is 4. The molecule has 98 valence electrons. The van der Waals surface area contributed by atoms with Crippen molar-refractivity contribution < 1.29 is 18.3 Å². The van der Waals surface area contributed by atoms with Crippen LogP contribution >= 0.6 is 0 Å². The van der Waals surface area contributed by atoms with Gasteiger partial charge in [0.25, 0.3) is 0 Å². The molecule has 0 heterocycles. The molecule has 0 aromatic heterocycles. The highest BCUT2D eigenvalue weighted by molar-refractivity contribution is 7.92. The molecule has 0 saturated heterocycles. The number of hydrogen-bond donors (Lipinski definition) is 1. The molecule has 1 aliphatic rings. The summed E-state index contributed by atoms with van der Waals surface area (Å²) < 4.78 is 24.5. The van der Waals surface area contributed by atoms with Crippen molar-refractivity contribution in [2.45, 2.75) is 42.2 Å². The first-order valence-corrected chi connectivity index (χ1v) is 7.44. The molecule has 0 atom stereocenters. The molecule has 1 fully saturated rings. The van der Waals surface area contributed by atoms with Crippen molar-refractivity contribution in [1.29, 1.82) is 0 Å². The van der Waals surface area contributed by atoms with E-state index in [1.807, 2.05) is 0 Å². The van der Waals surface area contributed by atoms with Gasteiger partial charge in [-0.25, -0.2) is 8.42 Å². The van der Waals surface area contributed by atoms with Crippen LogP contribution in [0, 0.1) is 0 Å². The van der Waals surface area contributed by atoms with E-state index in [0.29, 0.717) is 18.4 Å². The zero-order valence-corrected chi connectivity index (χ0v) is 11.2. The van der Waals surface area contributed by atoms with Gasteiger partial charge in [0.05, 0.1) is 15.6 Å². The second-order valence-corrected chi connectivity index (χ2v) is 7.45. The van der Waals surface area contributed by atoms with E-state index in [1.165, 1.54) is 6.07 Å². The van der Waals surface area contributed by atoms with Crippen LogP contribution in [0.4, 0.5) is 0 Å². The molecule has 0 radical (unpaired) electrons. The Balaban J connectivity index is 2.62. The minimum atomic E-state index is -3.45. The Labute approximate surface area is 107 Å². The zero-order chi connectivity index (χ0) is 13.6. The second-order valence-electron chi connectivity index (χ2n) is 4.98. The quantitative estimate of drug-likeness (QED) is 0.906. The van der Waals surface area contributed by atoms with E-state index in [1.54, 1.807) is 32.0 Å². The Morgan fingerprint density at radius 2 is 1.83 bits per heavy atom. The van der Waals surface area contributed by atoms with Gasteiger partial charge >= 0.3 is 5.97 Å². The number of aliphatic carboxylic acids is 1. The minimum Gasteiger partial charge on any atom is -0.481 e. The van der Waals surface area contributed by atoms with Gasteiger partial charge < -0.3 is 5.11 Å². The molecular weight excluding hydrogens is 252 g/mol. The molecular formula is C13H16O4S. The van der Waals surface area contributed by atoms with Crippen LogP contribution in [0.1, 0.15) is 32.3 Å². The average molecular weight is 268 g/mol. The number of carboxylic acid groups (broad SMARTS) is 1. The van der Waals surface area contributed by atoms with Crippen molar-refractivity contribution in [3.63, 3.8) is 0 Å². The van der Waals surface area contributed by atoms with Gasteiger partial charge in [0, 0.05) is 0 Å². The van der Waals surface area contributed by atoms with Crippen LogP contribution in [0.25, 0.3) is 0 Å². The Morgan fingerprint density at radius 1 is 1.28 bits per heavy atom. The molecule has 0 unspecified atom stereocenters. The lowest BCUT2D eigenvalue weighted by molar-refractivity contribution is -0.140. The van der Waals surface area contributed by atoms with Gasteiger partial charge in [0.15, 0.2) is 9.84 Å². The summed E-state index contributed by atoms with van der Waals surface area (Å²) >= 11 is 0. The number of benzene rings is 1. The van der Waals surface area contributed by atoms with Crippen molar-refractivity contribution >= 4 is 15.8 Å². The summed E-state index contributed by atoms with van der Waals surface area (Å²) in [6.45, 7) is 3.21. The summed E-state index contributed by atoms with van der Waals surface area (Å²) in [6, 6.07) is 6.46. The van der Waals surface area contributed by atoms with Gasteiger partial charge in [-0.05, 0) is 38.3 Å². The Morgan fingerprint density at radius 3 is 2.28 bits per heavy atom. The number of sulfone groups is 1. The highest BCUT2D eigenvalue weighted by Gasteiger charge is 2.53. The number of carboxylic acids is 1. The predicted octanol–water partition coefficient (Wildman–Crippen LogP) is 1.98. The molecule has 0 amide bonds. The van der Waals surface area contributed by atoms with Crippen molar-refractivity contribution in [3.05, 3.63) is 29.8 Å². The molecule has 5 heteroatoms. The maximum atomic E-state index is 12.3. The first-order valence-electron chi connectivity index (χ1n) is 5.89. The lowest BCUT2D eigenvalue weighted by Gasteiger charge is -2.17. The molecule has 1 aromatic carbocycles. The summed E-state index contributed by atoms with van der Waals surface area (Å²) in [5.41, 5.74) is -0.551. The molecule has 4 nitrogen and oxygen atoms in total. The van der Waals surface area contributed by atoms with E-state index in [0.717, 1.165) is 0 Å². The topological polar surface area (TPSA) is 71.4 Å². The van der Waals surface area contributed by atoms with E-state index in [2.05, 4.69) is 0 Å². The van der Waals surface area contributed by atoms with Crippen LogP contribution in [-0.2, 0) is 20.0 Å². The van der Waals surface area contributed by atoms with Crippen molar-refractivity contribution in [3.8, 4) is 0 Å². The molecule has 1 aromatic rings. The Bertz CT molecular complexity index is 583. The maximum Gasteiger partial charge on any atom is 0.314 e. The second kappa shape index (κ2) is 4.09. The fourth-order valence-corrected chi connectivity index (χ4v) is 3.43. The third-order valence-electron chi connectivity index (χ3n) is 3.49. The van der Waals surface area contributed by atoms with Gasteiger partial charge in [0.1, 0.15) is 0 Å². The molecule has 2 rings (SSSR count). The highest BCUT2D eigenvalue weighted by Crippen LogP contribution is 2.50. The zero-order valence-electron chi connectivity index (χ0n) is 10.4. The Kier molecular flexibility index (Phi) is 2.97. The molecule has 0 aliphatic heterocycles.